The van der Waals surface area contributed by atoms with Crippen molar-refractivity contribution in [2.24, 2.45) is 17.3 Å². The second kappa shape index (κ2) is 5.05. The van der Waals surface area contributed by atoms with E-state index in [-0.39, 0.29) is 0 Å². The Bertz CT molecular complexity index is 308. The van der Waals surface area contributed by atoms with Gasteiger partial charge in [-0.15, -0.1) is 0 Å². The number of sulfonamides is 1. The zero-order valence-electron chi connectivity index (χ0n) is 10.9. The lowest BCUT2D eigenvalue weighted by Gasteiger charge is -2.36. The standard InChI is InChI=1S/C12H25NO2S/c1-12(2,3)11-7-5-10(6-8-11)9-16(14,15)13-4/h10-11,13H,5-9H2,1-4H3. The average Bonchev–Trinajstić information content (AvgIpc) is 2.16. The molecule has 1 aliphatic rings. The lowest BCUT2D eigenvalue weighted by atomic mass is 9.70. The summed E-state index contributed by atoms with van der Waals surface area (Å²) in [5.74, 6) is 1.41. The van der Waals surface area contributed by atoms with Crippen molar-refractivity contribution in [1.29, 1.82) is 0 Å². The molecule has 0 aromatic carbocycles. The van der Waals surface area contributed by atoms with Crippen LogP contribution in [0.4, 0.5) is 0 Å². The highest BCUT2D eigenvalue weighted by Gasteiger charge is 2.31. The molecule has 0 aromatic heterocycles. The Balaban J connectivity index is 2.44. The fraction of sp³-hybridized carbons (Fsp3) is 1.00. The smallest absolute Gasteiger partial charge is 0.211 e. The van der Waals surface area contributed by atoms with E-state index < -0.39 is 10.0 Å². The molecular weight excluding hydrogens is 222 g/mol. The van der Waals surface area contributed by atoms with E-state index in [2.05, 4.69) is 25.5 Å². The van der Waals surface area contributed by atoms with Gasteiger partial charge in [0.15, 0.2) is 0 Å². The zero-order valence-corrected chi connectivity index (χ0v) is 11.7. The average molecular weight is 247 g/mol. The van der Waals surface area contributed by atoms with Gasteiger partial charge in [0.2, 0.25) is 10.0 Å². The van der Waals surface area contributed by atoms with Gasteiger partial charge in [-0.05, 0) is 50.0 Å². The molecule has 0 bridgehead atoms. The van der Waals surface area contributed by atoms with Crippen molar-refractivity contribution in [2.75, 3.05) is 12.8 Å². The van der Waals surface area contributed by atoms with Crippen molar-refractivity contribution in [3.05, 3.63) is 0 Å². The van der Waals surface area contributed by atoms with Crippen molar-refractivity contribution >= 4 is 10.0 Å². The maximum Gasteiger partial charge on any atom is 0.211 e. The van der Waals surface area contributed by atoms with Crippen LogP contribution in [0, 0.1) is 17.3 Å². The summed E-state index contributed by atoms with van der Waals surface area (Å²) in [5, 5.41) is 0. The first kappa shape index (κ1) is 14.0. The van der Waals surface area contributed by atoms with Gasteiger partial charge in [0, 0.05) is 0 Å². The Hall–Kier alpha value is -0.0900. The minimum atomic E-state index is -3.02. The highest BCUT2D eigenvalue weighted by atomic mass is 32.2. The van der Waals surface area contributed by atoms with Crippen LogP contribution >= 0.6 is 0 Å². The van der Waals surface area contributed by atoms with E-state index in [9.17, 15) is 8.42 Å². The molecule has 1 rings (SSSR count). The van der Waals surface area contributed by atoms with Gasteiger partial charge in [-0.3, -0.25) is 0 Å². The summed E-state index contributed by atoms with van der Waals surface area (Å²) in [7, 11) is -1.53. The van der Waals surface area contributed by atoms with E-state index in [1.54, 1.807) is 0 Å². The van der Waals surface area contributed by atoms with E-state index in [0.29, 0.717) is 17.1 Å². The number of hydrogen-bond acceptors (Lipinski definition) is 2. The van der Waals surface area contributed by atoms with Crippen LogP contribution in [0.3, 0.4) is 0 Å². The number of hydrogen-bond donors (Lipinski definition) is 1. The fourth-order valence-electron chi connectivity index (χ4n) is 2.59. The largest absolute Gasteiger partial charge is 0.218 e. The molecule has 0 saturated heterocycles. The molecule has 3 nitrogen and oxygen atoms in total. The Labute approximate surface area is 100 Å². The zero-order chi connectivity index (χ0) is 12.4. The van der Waals surface area contributed by atoms with Gasteiger partial charge in [0.05, 0.1) is 5.75 Å². The van der Waals surface area contributed by atoms with E-state index >= 15 is 0 Å². The summed E-state index contributed by atoms with van der Waals surface area (Å²) in [6, 6.07) is 0. The van der Waals surface area contributed by atoms with Crippen LogP contribution in [-0.2, 0) is 10.0 Å². The first-order valence-corrected chi connectivity index (χ1v) is 7.81. The first-order chi connectivity index (χ1) is 7.24. The molecular formula is C12H25NO2S. The summed E-state index contributed by atoms with van der Waals surface area (Å²) in [6.07, 6.45) is 4.46. The predicted molar refractivity (Wildman–Crippen MR) is 67.7 cm³/mol. The van der Waals surface area contributed by atoms with Crippen LogP contribution in [0.5, 0.6) is 0 Å². The quantitative estimate of drug-likeness (QED) is 0.832. The molecule has 0 spiro atoms. The van der Waals surface area contributed by atoms with Crippen molar-refractivity contribution < 1.29 is 8.42 Å². The van der Waals surface area contributed by atoms with Crippen LogP contribution in [-0.4, -0.2) is 21.2 Å². The maximum atomic E-state index is 11.4. The molecule has 0 radical (unpaired) electrons. The Morgan fingerprint density at radius 3 is 2.00 bits per heavy atom. The SMILES string of the molecule is CNS(=O)(=O)CC1CCC(C(C)(C)C)CC1. The Morgan fingerprint density at radius 2 is 1.62 bits per heavy atom. The normalized spacial score (nSPS) is 28.0. The van der Waals surface area contributed by atoms with Gasteiger partial charge >= 0.3 is 0 Å². The van der Waals surface area contributed by atoms with Gasteiger partial charge in [-0.1, -0.05) is 20.8 Å². The summed E-state index contributed by atoms with van der Waals surface area (Å²) in [6.45, 7) is 6.84. The third-order valence-electron chi connectivity index (χ3n) is 3.84. The Morgan fingerprint density at radius 1 is 1.12 bits per heavy atom. The highest BCUT2D eigenvalue weighted by molar-refractivity contribution is 7.89. The van der Waals surface area contributed by atoms with E-state index in [1.165, 1.54) is 19.9 Å². The third kappa shape index (κ3) is 4.06. The lowest BCUT2D eigenvalue weighted by Crippen LogP contribution is -2.31. The van der Waals surface area contributed by atoms with Crippen LogP contribution in [0.25, 0.3) is 0 Å². The molecule has 0 heterocycles. The Kier molecular flexibility index (Phi) is 4.41. The van der Waals surface area contributed by atoms with Crippen molar-refractivity contribution in [3.8, 4) is 0 Å². The maximum absolute atomic E-state index is 11.4. The molecule has 16 heavy (non-hydrogen) atoms. The topological polar surface area (TPSA) is 46.2 Å². The summed E-state index contributed by atoms with van der Waals surface area (Å²) < 4.78 is 25.3. The molecule has 96 valence electrons. The van der Waals surface area contributed by atoms with Crippen molar-refractivity contribution in [2.45, 2.75) is 46.5 Å². The molecule has 0 amide bonds. The molecule has 1 N–H and O–H groups in total. The van der Waals surface area contributed by atoms with Gasteiger partial charge in [0.25, 0.3) is 0 Å². The molecule has 1 saturated carbocycles. The summed E-state index contributed by atoms with van der Waals surface area (Å²) >= 11 is 0. The molecule has 0 aromatic rings. The predicted octanol–water partition coefficient (Wildman–Crippen LogP) is 2.39. The van der Waals surface area contributed by atoms with E-state index in [0.717, 1.165) is 18.8 Å². The van der Waals surface area contributed by atoms with Crippen molar-refractivity contribution in [3.63, 3.8) is 0 Å². The van der Waals surface area contributed by atoms with E-state index in [1.807, 2.05) is 0 Å². The monoisotopic (exact) mass is 247 g/mol. The minimum absolute atomic E-state index is 0.306. The fourth-order valence-corrected chi connectivity index (χ4v) is 3.71. The number of rotatable bonds is 3. The number of nitrogens with one attached hydrogen (secondary N) is 1. The first-order valence-electron chi connectivity index (χ1n) is 6.16. The molecule has 4 heteroatoms. The second-order valence-corrected chi connectivity index (χ2v) is 8.04. The summed E-state index contributed by atoms with van der Waals surface area (Å²) in [4.78, 5) is 0. The van der Waals surface area contributed by atoms with Gasteiger partial charge in [0.1, 0.15) is 0 Å². The summed E-state index contributed by atoms with van der Waals surface area (Å²) in [5.41, 5.74) is 0.368. The van der Waals surface area contributed by atoms with Gasteiger partial charge < -0.3 is 0 Å². The highest BCUT2D eigenvalue weighted by Crippen LogP contribution is 2.39. The molecule has 0 atom stereocenters. The minimum Gasteiger partial charge on any atom is -0.218 e. The third-order valence-corrected chi connectivity index (χ3v) is 5.37. The van der Waals surface area contributed by atoms with Crippen LogP contribution in [0.1, 0.15) is 46.5 Å². The van der Waals surface area contributed by atoms with Crippen molar-refractivity contribution in [1.82, 2.24) is 4.72 Å². The second-order valence-electron chi connectivity index (χ2n) is 6.07. The van der Waals surface area contributed by atoms with E-state index in [4.69, 9.17) is 0 Å². The van der Waals surface area contributed by atoms with Gasteiger partial charge in [-0.25, -0.2) is 13.1 Å². The molecule has 1 aliphatic carbocycles. The molecule has 0 aliphatic heterocycles. The van der Waals surface area contributed by atoms with Gasteiger partial charge in [-0.2, -0.15) is 0 Å². The molecule has 0 unspecified atom stereocenters. The van der Waals surface area contributed by atoms with Crippen LogP contribution in [0.15, 0.2) is 0 Å². The van der Waals surface area contributed by atoms with Crippen LogP contribution < -0.4 is 4.72 Å². The molecule has 1 fully saturated rings. The van der Waals surface area contributed by atoms with Crippen LogP contribution in [0.2, 0.25) is 0 Å². The lowest BCUT2D eigenvalue weighted by molar-refractivity contribution is 0.156.